The number of ether oxygens (including phenoxy) is 1. The number of benzene rings is 1. The highest BCUT2D eigenvalue weighted by Gasteiger charge is 2.42. The Kier molecular flexibility index (Phi) is 7.84. The fourth-order valence-corrected chi connectivity index (χ4v) is 4.83. The molecule has 1 spiro atoms. The molecule has 3 aromatic rings. The van der Waals surface area contributed by atoms with Crippen LogP contribution in [0.25, 0.3) is 5.65 Å². The van der Waals surface area contributed by atoms with Crippen LogP contribution in [-0.2, 0) is 6.42 Å². The molecule has 1 aromatic carbocycles. The third-order valence-corrected chi connectivity index (χ3v) is 6.82. The first-order valence-corrected chi connectivity index (χ1v) is 12.2. The highest BCUT2D eigenvalue weighted by atomic mass is 16.5. The van der Waals surface area contributed by atoms with Crippen molar-refractivity contribution in [3.05, 3.63) is 59.5 Å². The van der Waals surface area contributed by atoms with Crippen LogP contribution in [0.5, 0.6) is 5.75 Å². The molecule has 2 aliphatic rings. The van der Waals surface area contributed by atoms with Crippen LogP contribution in [0, 0.1) is 6.92 Å². The number of aromatic nitrogens is 3. The first kappa shape index (κ1) is 24.9. The van der Waals surface area contributed by atoms with Gasteiger partial charge in [0.1, 0.15) is 5.75 Å². The molecule has 0 bridgehead atoms. The van der Waals surface area contributed by atoms with Gasteiger partial charge < -0.3 is 20.3 Å². The van der Waals surface area contributed by atoms with Gasteiger partial charge in [0, 0.05) is 25.4 Å². The normalized spacial score (nSPS) is 17.7. The number of hydrogen-bond donors (Lipinski definition) is 4. The molecule has 10 nitrogen and oxygen atoms in total. The molecule has 2 fully saturated rings. The molecule has 1 unspecified atom stereocenters. The molecule has 2 aliphatic heterocycles. The number of amides is 2. The fourth-order valence-electron chi connectivity index (χ4n) is 4.83. The van der Waals surface area contributed by atoms with Crippen molar-refractivity contribution >= 4 is 11.7 Å². The Bertz CT molecular complexity index is 1130. The standard InChI is InChI=1S/C25H32N6O2.H4N2/c1-18-14-21(33-16-19(2)20-6-4-3-5-7-20)15-31-23(18)27-22(29-31)8-13-30-17-25(28-24(30)32)9-11-26-12-10-25;1-2/h3-7,14-15,19,26H,8-13,16-17H2,1-2H3,(H,28,32);1-2H2. The van der Waals surface area contributed by atoms with E-state index < -0.39 is 0 Å². The lowest BCUT2D eigenvalue weighted by Gasteiger charge is -2.32. The van der Waals surface area contributed by atoms with E-state index in [9.17, 15) is 4.79 Å². The van der Waals surface area contributed by atoms with Crippen LogP contribution in [-0.4, -0.2) is 63.9 Å². The van der Waals surface area contributed by atoms with E-state index in [0.29, 0.717) is 25.5 Å². The molecule has 35 heavy (non-hydrogen) atoms. The van der Waals surface area contributed by atoms with Gasteiger partial charge >= 0.3 is 6.03 Å². The number of carbonyl (C=O) groups excluding carboxylic acids is 1. The topological polar surface area (TPSA) is 136 Å². The molecule has 0 aliphatic carbocycles. The Hall–Kier alpha value is -3.21. The Morgan fingerprint density at radius 2 is 1.94 bits per heavy atom. The largest absolute Gasteiger partial charge is 0.491 e. The highest BCUT2D eigenvalue weighted by molar-refractivity contribution is 5.78. The first-order chi connectivity index (χ1) is 17.0. The van der Waals surface area contributed by atoms with Gasteiger partial charge in [-0.15, -0.1) is 0 Å². The van der Waals surface area contributed by atoms with E-state index in [1.807, 2.05) is 30.2 Å². The van der Waals surface area contributed by atoms with Gasteiger partial charge in [-0.05, 0) is 50.0 Å². The van der Waals surface area contributed by atoms with Crippen LogP contribution in [0.3, 0.4) is 0 Å². The van der Waals surface area contributed by atoms with Crippen molar-refractivity contribution in [1.82, 2.24) is 30.1 Å². The number of fused-ring (bicyclic) bond motifs is 1. The van der Waals surface area contributed by atoms with Crippen LogP contribution in [0.2, 0.25) is 0 Å². The van der Waals surface area contributed by atoms with Gasteiger partial charge in [0.2, 0.25) is 0 Å². The summed E-state index contributed by atoms with van der Waals surface area (Å²) in [7, 11) is 0. The van der Waals surface area contributed by atoms with Crippen molar-refractivity contribution in [3.63, 3.8) is 0 Å². The lowest BCUT2D eigenvalue weighted by Crippen LogP contribution is -2.51. The Balaban J connectivity index is 0.00000141. The number of hydrazine groups is 1. The summed E-state index contributed by atoms with van der Waals surface area (Å²) in [6, 6.07) is 12.4. The molecular weight excluding hydrogens is 444 g/mol. The molecular formula is C25H36N8O2. The number of piperidine rings is 1. The molecule has 1 atom stereocenters. The zero-order valence-electron chi connectivity index (χ0n) is 20.5. The SMILES string of the molecule is Cc1cc(OCC(C)c2ccccc2)cn2nc(CCN3CC4(CCNCC4)NC3=O)nc12.NN. The summed E-state index contributed by atoms with van der Waals surface area (Å²) in [5.41, 5.74) is 3.03. The highest BCUT2D eigenvalue weighted by Crippen LogP contribution is 2.25. The maximum Gasteiger partial charge on any atom is 0.317 e. The van der Waals surface area contributed by atoms with Crippen LogP contribution < -0.4 is 27.1 Å². The number of hydrogen-bond acceptors (Lipinski definition) is 7. The second kappa shape index (κ2) is 11.0. The number of nitrogens with zero attached hydrogens (tertiary/aromatic N) is 4. The van der Waals surface area contributed by atoms with E-state index in [4.69, 9.17) is 9.72 Å². The summed E-state index contributed by atoms with van der Waals surface area (Å²) < 4.78 is 7.88. The van der Waals surface area contributed by atoms with E-state index in [0.717, 1.165) is 55.3 Å². The average molecular weight is 481 g/mol. The molecule has 2 aromatic heterocycles. The molecule has 2 amide bonds. The number of nitrogens with one attached hydrogen (secondary N) is 2. The van der Waals surface area contributed by atoms with Crippen molar-refractivity contribution in [2.75, 3.05) is 32.8 Å². The third-order valence-electron chi connectivity index (χ3n) is 6.82. The van der Waals surface area contributed by atoms with Gasteiger partial charge in [0.25, 0.3) is 0 Å². The maximum atomic E-state index is 12.5. The smallest absolute Gasteiger partial charge is 0.317 e. The van der Waals surface area contributed by atoms with Crippen molar-refractivity contribution < 1.29 is 9.53 Å². The monoisotopic (exact) mass is 480 g/mol. The molecule has 0 saturated carbocycles. The fraction of sp³-hybridized carbons (Fsp3) is 0.480. The lowest BCUT2D eigenvalue weighted by atomic mass is 9.89. The van der Waals surface area contributed by atoms with Crippen LogP contribution in [0.15, 0.2) is 42.6 Å². The minimum Gasteiger partial charge on any atom is -0.491 e. The van der Waals surface area contributed by atoms with E-state index in [1.165, 1.54) is 5.56 Å². The molecule has 10 heteroatoms. The molecule has 188 valence electrons. The van der Waals surface area contributed by atoms with Crippen molar-refractivity contribution in [2.24, 2.45) is 11.7 Å². The summed E-state index contributed by atoms with van der Waals surface area (Å²) in [5, 5.41) is 11.3. The summed E-state index contributed by atoms with van der Waals surface area (Å²) in [6.45, 7) is 8.07. The summed E-state index contributed by atoms with van der Waals surface area (Å²) >= 11 is 0. The average Bonchev–Trinajstić information content (AvgIpc) is 3.44. The van der Waals surface area contributed by atoms with Crippen molar-refractivity contribution in [3.8, 4) is 5.75 Å². The number of carbonyl (C=O) groups is 1. The van der Waals surface area contributed by atoms with Gasteiger partial charge in [0.05, 0.1) is 18.3 Å². The van der Waals surface area contributed by atoms with E-state index in [1.54, 1.807) is 4.52 Å². The zero-order valence-corrected chi connectivity index (χ0v) is 20.5. The number of rotatable bonds is 7. The second-order valence-corrected chi connectivity index (χ2v) is 9.41. The third kappa shape index (κ3) is 5.72. The Morgan fingerprint density at radius 1 is 1.20 bits per heavy atom. The van der Waals surface area contributed by atoms with Crippen molar-refractivity contribution in [1.29, 1.82) is 0 Å². The van der Waals surface area contributed by atoms with Crippen molar-refractivity contribution in [2.45, 2.75) is 44.6 Å². The number of aryl methyl sites for hydroxylation is 1. The van der Waals surface area contributed by atoms with Gasteiger partial charge in [-0.25, -0.2) is 14.3 Å². The minimum absolute atomic E-state index is 0.0278. The van der Waals surface area contributed by atoms with Crippen LogP contribution in [0.1, 0.15) is 42.6 Å². The predicted octanol–water partition coefficient (Wildman–Crippen LogP) is 1.73. The summed E-state index contributed by atoms with van der Waals surface area (Å²) in [6.07, 6.45) is 4.48. The molecule has 0 radical (unpaired) electrons. The van der Waals surface area contributed by atoms with Gasteiger partial charge in [-0.2, -0.15) is 5.10 Å². The maximum absolute atomic E-state index is 12.5. The zero-order chi connectivity index (χ0) is 24.8. The summed E-state index contributed by atoms with van der Waals surface area (Å²) in [4.78, 5) is 19.1. The number of pyridine rings is 1. The second-order valence-electron chi connectivity index (χ2n) is 9.41. The molecule has 2 saturated heterocycles. The number of nitrogens with two attached hydrogens (primary N) is 2. The van der Waals surface area contributed by atoms with Gasteiger partial charge in [0.15, 0.2) is 11.5 Å². The molecule has 5 rings (SSSR count). The van der Waals surface area contributed by atoms with E-state index in [-0.39, 0.29) is 11.6 Å². The summed E-state index contributed by atoms with van der Waals surface area (Å²) in [5.74, 6) is 9.82. The van der Waals surface area contributed by atoms with Gasteiger partial charge in [-0.3, -0.25) is 11.7 Å². The van der Waals surface area contributed by atoms with Gasteiger partial charge in [-0.1, -0.05) is 37.3 Å². The van der Waals surface area contributed by atoms with E-state index >= 15 is 0 Å². The Morgan fingerprint density at radius 3 is 2.69 bits per heavy atom. The lowest BCUT2D eigenvalue weighted by molar-refractivity contribution is 0.217. The molecule has 6 N–H and O–H groups in total. The van der Waals surface area contributed by atoms with Crippen LogP contribution in [0.4, 0.5) is 4.79 Å². The predicted molar refractivity (Wildman–Crippen MR) is 135 cm³/mol. The van der Waals surface area contributed by atoms with E-state index in [2.05, 4.69) is 58.6 Å². The molecule has 4 heterocycles. The number of urea groups is 1. The Labute approximate surface area is 206 Å². The first-order valence-electron chi connectivity index (χ1n) is 12.2. The van der Waals surface area contributed by atoms with Crippen LogP contribution >= 0.6 is 0 Å². The quantitative estimate of drug-likeness (QED) is 0.299. The minimum atomic E-state index is -0.0750.